The van der Waals surface area contributed by atoms with Gasteiger partial charge in [0.25, 0.3) is 0 Å². The number of benzene rings is 1. The van der Waals surface area contributed by atoms with E-state index in [1.165, 1.54) is 4.88 Å². The van der Waals surface area contributed by atoms with Crippen molar-refractivity contribution < 1.29 is 13.2 Å². The Kier molecular flexibility index (Phi) is 6.02. The van der Waals surface area contributed by atoms with Gasteiger partial charge >= 0.3 is 0 Å². The molecule has 0 spiro atoms. The lowest BCUT2D eigenvalue weighted by Gasteiger charge is -2.34. The van der Waals surface area contributed by atoms with Crippen molar-refractivity contribution in [1.29, 1.82) is 0 Å². The summed E-state index contributed by atoms with van der Waals surface area (Å²) in [5.41, 5.74) is 0.795. The minimum atomic E-state index is -3.36. The number of thiophene rings is 1. The molecule has 0 radical (unpaired) electrons. The number of hydrogen-bond donors (Lipinski definition) is 1. The van der Waals surface area contributed by atoms with Crippen LogP contribution in [0.4, 0.5) is 0 Å². The maximum atomic E-state index is 12.4. The third-order valence-electron chi connectivity index (χ3n) is 4.05. The Balaban J connectivity index is 1.66. The zero-order valence-corrected chi connectivity index (χ0v) is 15.1. The summed E-state index contributed by atoms with van der Waals surface area (Å²) in [5.74, 6) is 0.00805. The smallest absolute Gasteiger partial charge is 0.215 e. The summed E-state index contributed by atoms with van der Waals surface area (Å²) < 4.78 is 33.0. The summed E-state index contributed by atoms with van der Waals surface area (Å²) in [6.07, 6.45) is 0. The molecule has 5 nitrogen and oxygen atoms in total. The summed E-state index contributed by atoms with van der Waals surface area (Å²) in [4.78, 5) is 3.47. The van der Waals surface area contributed by atoms with E-state index in [0.717, 1.165) is 18.7 Å². The van der Waals surface area contributed by atoms with Crippen molar-refractivity contribution in [2.45, 2.75) is 11.8 Å². The number of hydrogen-bond acceptors (Lipinski definition) is 5. The Morgan fingerprint density at radius 3 is 2.54 bits per heavy atom. The number of ether oxygens (including phenoxy) is 1. The zero-order chi connectivity index (χ0) is 16.8. The molecule has 0 aliphatic carbocycles. The van der Waals surface area contributed by atoms with Gasteiger partial charge in [-0.25, -0.2) is 13.1 Å². The van der Waals surface area contributed by atoms with E-state index in [1.807, 2.05) is 41.8 Å². The van der Waals surface area contributed by atoms with E-state index in [9.17, 15) is 8.42 Å². The van der Waals surface area contributed by atoms with Crippen LogP contribution in [-0.4, -0.2) is 46.2 Å². The molecule has 24 heavy (non-hydrogen) atoms. The number of nitrogens with zero attached hydrogens (tertiary/aromatic N) is 1. The van der Waals surface area contributed by atoms with Crippen LogP contribution < -0.4 is 4.72 Å². The molecule has 1 unspecified atom stereocenters. The third-order valence-corrected chi connectivity index (χ3v) is 6.35. The fourth-order valence-corrected chi connectivity index (χ4v) is 4.84. The van der Waals surface area contributed by atoms with E-state index < -0.39 is 10.0 Å². The summed E-state index contributed by atoms with van der Waals surface area (Å²) in [7, 11) is -3.36. The van der Waals surface area contributed by atoms with Gasteiger partial charge in [0, 0.05) is 24.5 Å². The van der Waals surface area contributed by atoms with Crippen LogP contribution in [0.15, 0.2) is 47.8 Å². The molecular formula is C17H22N2O3S2. The molecule has 0 bridgehead atoms. The summed E-state index contributed by atoms with van der Waals surface area (Å²) in [6.45, 7) is 3.42. The van der Waals surface area contributed by atoms with Gasteiger partial charge in [0.2, 0.25) is 10.0 Å². The minimum Gasteiger partial charge on any atom is -0.379 e. The Morgan fingerprint density at radius 2 is 1.88 bits per heavy atom. The Bertz CT molecular complexity index is 712. The highest BCUT2D eigenvalue weighted by molar-refractivity contribution is 7.88. The quantitative estimate of drug-likeness (QED) is 0.816. The Labute approximate surface area is 147 Å². The van der Waals surface area contributed by atoms with Gasteiger partial charge < -0.3 is 4.74 Å². The Hall–Kier alpha value is -1.25. The molecule has 130 valence electrons. The van der Waals surface area contributed by atoms with Crippen LogP contribution in [0, 0.1) is 0 Å². The van der Waals surface area contributed by atoms with Crippen LogP contribution in [0.2, 0.25) is 0 Å². The molecule has 1 N–H and O–H groups in total. The van der Waals surface area contributed by atoms with Gasteiger partial charge in [-0.2, -0.15) is 0 Å². The van der Waals surface area contributed by atoms with Crippen molar-refractivity contribution in [1.82, 2.24) is 9.62 Å². The number of nitrogens with one attached hydrogen (secondary N) is 1. The number of sulfonamides is 1. The number of rotatable bonds is 7. The molecule has 3 rings (SSSR count). The lowest BCUT2D eigenvalue weighted by molar-refractivity contribution is 0.0179. The second-order valence-electron chi connectivity index (χ2n) is 5.77. The normalized spacial score (nSPS) is 17.7. The minimum absolute atomic E-state index is 0.00805. The van der Waals surface area contributed by atoms with Crippen molar-refractivity contribution in [2.75, 3.05) is 32.8 Å². The largest absolute Gasteiger partial charge is 0.379 e. The predicted octanol–water partition coefficient (Wildman–Crippen LogP) is 2.24. The first kappa shape index (κ1) is 17.6. The highest BCUT2D eigenvalue weighted by Crippen LogP contribution is 2.25. The van der Waals surface area contributed by atoms with E-state index >= 15 is 0 Å². The summed E-state index contributed by atoms with van der Waals surface area (Å²) in [6, 6.07) is 13.4. The molecule has 0 saturated carbocycles. The summed E-state index contributed by atoms with van der Waals surface area (Å²) in [5, 5.41) is 2.03. The molecule has 1 atom stereocenters. The van der Waals surface area contributed by atoms with Crippen LogP contribution in [-0.2, 0) is 20.5 Å². The molecule has 1 aromatic carbocycles. The SMILES string of the molecule is O=S(=O)(Cc1ccccc1)NCC(c1cccs1)N1CCOCC1. The molecule has 1 fully saturated rings. The molecule has 1 aliphatic heterocycles. The Morgan fingerprint density at radius 1 is 1.12 bits per heavy atom. The average molecular weight is 367 g/mol. The van der Waals surface area contributed by atoms with Gasteiger partial charge in [-0.05, 0) is 17.0 Å². The van der Waals surface area contributed by atoms with E-state index in [4.69, 9.17) is 4.74 Å². The summed E-state index contributed by atoms with van der Waals surface area (Å²) >= 11 is 1.66. The molecule has 1 saturated heterocycles. The monoisotopic (exact) mass is 366 g/mol. The van der Waals surface area contributed by atoms with Gasteiger partial charge in [0.15, 0.2) is 0 Å². The number of morpholine rings is 1. The maximum Gasteiger partial charge on any atom is 0.215 e. The fourth-order valence-electron chi connectivity index (χ4n) is 2.83. The first-order chi connectivity index (χ1) is 11.6. The van der Waals surface area contributed by atoms with Crippen molar-refractivity contribution in [3.63, 3.8) is 0 Å². The molecule has 2 aromatic rings. The van der Waals surface area contributed by atoms with E-state index in [2.05, 4.69) is 15.7 Å². The highest BCUT2D eigenvalue weighted by atomic mass is 32.2. The molecule has 7 heteroatoms. The van der Waals surface area contributed by atoms with Crippen molar-refractivity contribution in [2.24, 2.45) is 0 Å². The highest BCUT2D eigenvalue weighted by Gasteiger charge is 2.25. The van der Waals surface area contributed by atoms with Crippen LogP contribution in [0.1, 0.15) is 16.5 Å². The van der Waals surface area contributed by atoms with Crippen molar-refractivity contribution >= 4 is 21.4 Å². The topological polar surface area (TPSA) is 58.6 Å². The molecular weight excluding hydrogens is 344 g/mol. The van der Waals surface area contributed by atoms with E-state index in [0.29, 0.717) is 19.8 Å². The lowest BCUT2D eigenvalue weighted by atomic mass is 10.2. The van der Waals surface area contributed by atoms with Crippen LogP contribution in [0.3, 0.4) is 0 Å². The average Bonchev–Trinajstić information content (AvgIpc) is 3.11. The predicted molar refractivity (Wildman–Crippen MR) is 96.5 cm³/mol. The lowest BCUT2D eigenvalue weighted by Crippen LogP contribution is -2.43. The fraction of sp³-hybridized carbons (Fsp3) is 0.412. The van der Waals surface area contributed by atoms with Crippen molar-refractivity contribution in [3.8, 4) is 0 Å². The maximum absolute atomic E-state index is 12.4. The van der Waals surface area contributed by atoms with Crippen molar-refractivity contribution in [3.05, 3.63) is 58.3 Å². The second-order valence-corrected chi connectivity index (χ2v) is 8.56. The van der Waals surface area contributed by atoms with Gasteiger partial charge in [0.1, 0.15) is 0 Å². The molecule has 1 aromatic heterocycles. The standard InChI is InChI=1S/C17H22N2O3S2/c20-24(21,14-15-5-2-1-3-6-15)18-13-16(17-7-4-12-23-17)19-8-10-22-11-9-19/h1-7,12,16,18H,8-11,13-14H2. The molecule has 2 heterocycles. The first-order valence-electron chi connectivity index (χ1n) is 8.00. The van der Waals surface area contributed by atoms with Gasteiger partial charge in [-0.15, -0.1) is 11.3 Å². The first-order valence-corrected chi connectivity index (χ1v) is 10.5. The molecule has 0 amide bonds. The van der Waals surface area contributed by atoms with Crippen LogP contribution in [0.25, 0.3) is 0 Å². The second kappa shape index (κ2) is 8.22. The third kappa shape index (κ3) is 4.87. The van der Waals surface area contributed by atoms with E-state index in [-0.39, 0.29) is 11.8 Å². The van der Waals surface area contributed by atoms with Gasteiger partial charge in [0.05, 0.1) is 25.0 Å². The van der Waals surface area contributed by atoms with Gasteiger partial charge in [-0.3, -0.25) is 4.90 Å². The zero-order valence-electron chi connectivity index (χ0n) is 13.4. The van der Waals surface area contributed by atoms with Gasteiger partial charge in [-0.1, -0.05) is 36.4 Å². The van der Waals surface area contributed by atoms with E-state index in [1.54, 1.807) is 11.3 Å². The van der Waals surface area contributed by atoms with Crippen LogP contribution >= 0.6 is 11.3 Å². The van der Waals surface area contributed by atoms with Crippen LogP contribution in [0.5, 0.6) is 0 Å². The molecule has 1 aliphatic rings.